The highest BCUT2D eigenvalue weighted by Crippen LogP contribution is 2.36. The summed E-state index contributed by atoms with van der Waals surface area (Å²) >= 11 is 0. The van der Waals surface area contributed by atoms with Crippen molar-refractivity contribution in [1.29, 1.82) is 0 Å². The lowest BCUT2D eigenvalue weighted by Gasteiger charge is -2.25. The largest absolute Gasteiger partial charge is 0.481 e. The number of halogens is 1. The third kappa shape index (κ3) is 8.03. The Morgan fingerprint density at radius 1 is 0.952 bits per heavy atom. The maximum Gasteiger partial charge on any atom is 0.303 e. The fourth-order valence-corrected chi connectivity index (χ4v) is 5.77. The summed E-state index contributed by atoms with van der Waals surface area (Å²) in [6, 6.07) is 10.2. The molecule has 0 spiro atoms. The van der Waals surface area contributed by atoms with Crippen LogP contribution in [-0.2, 0) is 16.0 Å². The number of Topliss-reactive ketones (excluding diaryl/α,β-unsaturated/α-hetero) is 1. The molecular formula is C35H45FN2O4. The maximum absolute atomic E-state index is 15.7. The number of carboxylic acids is 1. The van der Waals surface area contributed by atoms with E-state index in [0.717, 1.165) is 46.3 Å². The van der Waals surface area contributed by atoms with Gasteiger partial charge in [-0.1, -0.05) is 32.0 Å². The summed E-state index contributed by atoms with van der Waals surface area (Å²) in [5.74, 6) is -2.67. The van der Waals surface area contributed by atoms with Gasteiger partial charge in [-0.25, -0.2) is 4.39 Å². The summed E-state index contributed by atoms with van der Waals surface area (Å²) in [5, 5.41) is 9.82. The van der Waals surface area contributed by atoms with E-state index in [1.54, 1.807) is 31.3 Å². The Morgan fingerprint density at radius 3 is 2.17 bits per heavy atom. The second kappa shape index (κ2) is 14.1. The molecule has 0 fully saturated rings. The number of nitrogens with zero attached hydrogens (tertiary/aromatic N) is 2. The number of rotatable bonds is 13. The van der Waals surface area contributed by atoms with Gasteiger partial charge in [0.05, 0.1) is 12.5 Å². The SMILES string of the molecule is Cc1cc(=O)n(C(CC(C)C)C(=O)C[C@@H](CC(=O)O)c2cc(-c3c(C)cccc3C)cc(C)c2F)cc1CCN(C)C. The van der Waals surface area contributed by atoms with Crippen molar-refractivity contribution < 1.29 is 19.1 Å². The van der Waals surface area contributed by atoms with Crippen molar-refractivity contribution in [2.45, 2.75) is 79.2 Å². The fourth-order valence-electron chi connectivity index (χ4n) is 5.77. The zero-order valence-electron chi connectivity index (χ0n) is 26.3. The van der Waals surface area contributed by atoms with Crippen LogP contribution in [0, 0.1) is 39.4 Å². The predicted octanol–water partition coefficient (Wildman–Crippen LogP) is 6.80. The van der Waals surface area contributed by atoms with Gasteiger partial charge in [0, 0.05) is 31.1 Å². The molecule has 2 atom stereocenters. The lowest BCUT2D eigenvalue weighted by Crippen LogP contribution is -2.32. The Bertz CT molecular complexity index is 1490. The van der Waals surface area contributed by atoms with Crippen molar-refractivity contribution in [2.24, 2.45) is 5.92 Å². The minimum atomic E-state index is -1.11. The molecule has 0 amide bonds. The monoisotopic (exact) mass is 576 g/mol. The number of pyridine rings is 1. The van der Waals surface area contributed by atoms with Gasteiger partial charge in [-0.3, -0.25) is 14.4 Å². The number of hydrogen-bond acceptors (Lipinski definition) is 4. The Morgan fingerprint density at radius 2 is 1.60 bits per heavy atom. The van der Waals surface area contributed by atoms with Crippen LogP contribution in [0.25, 0.3) is 11.1 Å². The zero-order valence-corrected chi connectivity index (χ0v) is 26.3. The molecule has 0 radical (unpaired) electrons. The van der Waals surface area contributed by atoms with E-state index < -0.39 is 30.2 Å². The third-order valence-corrected chi connectivity index (χ3v) is 7.99. The number of aryl methyl sites for hydroxylation is 4. The first-order valence-corrected chi connectivity index (χ1v) is 14.7. The number of ketones is 1. The standard InChI is InChI=1S/C35H45FN2O4/c1-21(2)14-30(38-20-26(12-13-37(7)8)24(5)16-32(38)40)31(39)18-27(19-33(41)42)29-17-28(15-25(6)35(29)36)34-22(3)10-9-11-23(34)4/h9-11,15-17,20-21,27,30H,12-14,18-19H2,1-8H3,(H,41,42)/t27-,30?/m0/s1. The van der Waals surface area contributed by atoms with Crippen molar-refractivity contribution in [3.63, 3.8) is 0 Å². The van der Waals surface area contributed by atoms with Crippen molar-refractivity contribution in [3.05, 3.63) is 92.1 Å². The first-order chi connectivity index (χ1) is 19.7. The molecule has 1 N–H and O–H groups in total. The number of aromatic nitrogens is 1. The van der Waals surface area contributed by atoms with E-state index in [9.17, 15) is 19.5 Å². The minimum Gasteiger partial charge on any atom is -0.481 e. The van der Waals surface area contributed by atoms with E-state index in [-0.39, 0.29) is 29.2 Å². The van der Waals surface area contributed by atoms with Crippen molar-refractivity contribution in [1.82, 2.24) is 9.47 Å². The Kier molecular flexibility index (Phi) is 11.0. The van der Waals surface area contributed by atoms with Gasteiger partial charge in [0.1, 0.15) is 5.82 Å². The highest BCUT2D eigenvalue weighted by atomic mass is 19.1. The second-order valence-electron chi connectivity index (χ2n) is 12.4. The van der Waals surface area contributed by atoms with Crippen LogP contribution in [0.1, 0.15) is 78.5 Å². The average molecular weight is 577 g/mol. The molecule has 6 nitrogen and oxygen atoms in total. The first-order valence-electron chi connectivity index (χ1n) is 14.7. The molecule has 0 saturated carbocycles. The molecule has 0 aliphatic heterocycles. The highest BCUT2D eigenvalue weighted by molar-refractivity contribution is 5.84. The summed E-state index contributed by atoms with van der Waals surface area (Å²) in [4.78, 5) is 41.3. The van der Waals surface area contributed by atoms with Crippen LogP contribution < -0.4 is 5.56 Å². The molecule has 0 aliphatic rings. The Hall–Kier alpha value is -3.58. The van der Waals surface area contributed by atoms with Gasteiger partial charge in [-0.05, 0) is 117 Å². The molecule has 0 saturated heterocycles. The van der Waals surface area contributed by atoms with Crippen LogP contribution in [0.15, 0.2) is 47.4 Å². The van der Waals surface area contributed by atoms with E-state index in [1.807, 2.05) is 66.9 Å². The number of carbonyl (C=O) groups excluding carboxylic acids is 1. The lowest BCUT2D eigenvalue weighted by atomic mass is 9.84. The van der Waals surface area contributed by atoms with Crippen LogP contribution in [0.5, 0.6) is 0 Å². The van der Waals surface area contributed by atoms with Crippen molar-refractivity contribution in [2.75, 3.05) is 20.6 Å². The zero-order chi connectivity index (χ0) is 31.3. The Balaban J connectivity index is 2.09. The third-order valence-electron chi connectivity index (χ3n) is 7.99. The maximum atomic E-state index is 15.7. The van der Waals surface area contributed by atoms with E-state index in [0.29, 0.717) is 12.0 Å². The minimum absolute atomic E-state index is 0.0987. The molecular weight excluding hydrogens is 531 g/mol. The Labute approximate surface area is 249 Å². The number of aliphatic carboxylic acids is 1. The first kappa shape index (κ1) is 32.9. The summed E-state index contributed by atoms with van der Waals surface area (Å²) in [6.45, 7) is 12.3. The highest BCUT2D eigenvalue weighted by Gasteiger charge is 2.30. The molecule has 226 valence electrons. The molecule has 1 aromatic heterocycles. The second-order valence-corrected chi connectivity index (χ2v) is 12.4. The molecule has 3 aromatic rings. The van der Waals surface area contributed by atoms with Crippen molar-refractivity contribution >= 4 is 11.8 Å². The van der Waals surface area contributed by atoms with Gasteiger partial charge >= 0.3 is 5.97 Å². The van der Waals surface area contributed by atoms with Crippen LogP contribution >= 0.6 is 0 Å². The van der Waals surface area contributed by atoms with Gasteiger partial charge in [-0.15, -0.1) is 0 Å². The van der Waals surface area contributed by atoms with E-state index >= 15 is 4.39 Å². The number of carboxylic acid groups (broad SMARTS) is 1. The van der Waals surface area contributed by atoms with Gasteiger partial charge in [0.25, 0.3) is 5.56 Å². The van der Waals surface area contributed by atoms with Crippen LogP contribution in [0.2, 0.25) is 0 Å². The molecule has 0 bridgehead atoms. The number of hydrogen-bond donors (Lipinski definition) is 1. The summed E-state index contributed by atoms with van der Waals surface area (Å²) in [5.41, 5.74) is 6.01. The van der Waals surface area contributed by atoms with E-state index in [2.05, 4.69) is 4.90 Å². The molecule has 0 aliphatic carbocycles. The van der Waals surface area contributed by atoms with Gasteiger partial charge < -0.3 is 14.6 Å². The normalized spacial score (nSPS) is 13.0. The van der Waals surface area contributed by atoms with E-state index in [4.69, 9.17) is 0 Å². The number of benzene rings is 2. The average Bonchev–Trinajstić information content (AvgIpc) is 2.88. The molecule has 1 heterocycles. The summed E-state index contributed by atoms with van der Waals surface area (Å²) in [7, 11) is 3.96. The number of likely N-dealkylation sites (N-methyl/N-ethyl adjacent to an activating group) is 1. The fraction of sp³-hybridized carbons (Fsp3) is 0.457. The quantitative estimate of drug-likeness (QED) is 0.242. The predicted molar refractivity (Wildman–Crippen MR) is 167 cm³/mol. The van der Waals surface area contributed by atoms with Crippen molar-refractivity contribution in [3.8, 4) is 11.1 Å². The molecule has 2 aromatic carbocycles. The molecule has 1 unspecified atom stereocenters. The van der Waals surface area contributed by atoms with Crippen LogP contribution in [-0.4, -0.2) is 47.0 Å². The van der Waals surface area contributed by atoms with E-state index in [1.165, 1.54) is 4.57 Å². The summed E-state index contributed by atoms with van der Waals surface area (Å²) in [6.07, 6.45) is 2.33. The molecule has 3 rings (SSSR count). The molecule has 42 heavy (non-hydrogen) atoms. The summed E-state index contributed by atoms with van der Waals surface area (Å²) < 4.78 is 17.2. The van der Waals surface area contributed by atoms with Crippen LogP contribution in [0.4, 0.5) is 4.39 Å². The van der Waals surface area contributed by atoms with Gasteiger partial charge in [-0.2, -0.15) is 0 Å². The van der Waals surface area contributed by atoms with Crippen LogP contribution in [0.3, 0.4) is 0 Å². The van der Waals surface area contributed by atoms with Gasteiger partial charge in [0.2, 0.25) is 0 Å². The lowest BCUT2D eigenvalue weighted by molar-refractivity contribution is -0.137. The smallest absolute Gasteiger partial charge is 0.303 e. The number of carbonyl (C=O) groups is 2. The molecule has 7 heteroatoms. The van der Waals surface area contributed by atoms with Gasteiger partial charge in [0.15, 0.2) is 5.78 Å². The topological polar surface area (TPSA) is 79.6 Å².